The molecule has 6 rings (SSSR count). The Morgan fingerprint density at radius 2 is 2.03 bits per heavy atom. The van der Waals surface area contributed by atoms with E-state index in [1.807, 2.05) is 18.2 Å². The highest BCUT2D eigenvalue weighted by molar-refractivity contribution is 7.70. The van der Waals surface area contributed by atoms with Gasteiger partial charge in [-0.25, -0.2) is 18.1 Å². The Bertz CT molecular complexity index is 1520. The van der Waals surface area contributed by atoms with Crippen LogP contribution in [0.3, 0.4) is 0 Å². The smallest absolute Gasteiger partial charge is 0.248 e. The number of nitrogens with one attached hydrogen (secondary N) is 2. The summed E-state index contributed by atoms with van der Waals surface area (Å²) in [6.07, 6.45) is 8.06. The molecular formula is C25H29N7O5S. The largest absolute Gasteiger partial charge is 0.481 e. The Morgan fingerprint density at radius 1 is 1.16 bits per heavy atom. The summed E-state index contributed by atoms with van der Waals surface area (Å²) >= 11 is 0. The van der Waals surface area contributed by atoms with E-state index in [1.165, 1.54) is 20.0 Å². The zero-order valence-electron chi connectivity index (χ0n) is 21.0. The first kappa shape index (κ1) is 24.9. The molecule has 0 amide bonds. The first-order chi connectivity index (χ1) is 18.5. The molecule has 0 unspecified atom stereocenters. The lowest BCUT2D eigenvalue weighted by molar-refractivity contribution is -0.108. The standard InChI is InChI=1S/C25H29N7O5S/c1-35-23-18(12-28-38(33)34)8-17(11-26-23)16-9-19(20-13-27-29-21(20)10-16)24-31-30-22(37-24)14-32-6-7-36-25(15-32)4-2-3-5-25/h8-11,13,38H,2-7,12,14-15H2,1H3,(H,27,29)(H,28,33,34). The van der Waals surface area contributed by atoms with Crippen molar-refractivity contribution in [3.05, 3.63) is 42.0 Å². The third-order valence-electron chi connectivity index (χ3n) is 7.31. The second-order valence-corrected chi connectivity index (χ2v) is 10.6. The van der Waals surface area contributed by atoms with Crippen LogP contribution in [0.4, 0.5) is 0 Å². The van der Waals surface area contributed by atoms with Crippen molar-refractivity contribution in [2.75, 3.05) is 26.8 Å². The molecule has 1 aliphatic carbocycles. The highest BCUT2D eigenvalue weighted by Crippen LogP contribution is 2.37. The molecule has 4 aromatic rings. The molecule has 3 aromatic heterocycles. The molecule has 1 aromatic carbocycles. The molecule has 1 aliphatic heterocycles. The maximum atomic E-state index is 11.1. The fraction of sp³-hybridized carbons (Fsp3) is 0.440. The van der Waals surface area contributed by atoms with Gasteiger partial charge in [-0.2, -0.15) is 5.10 Å². The molecule has 0 bridgehead atoms. The molecular weight excluding hydrogens is 510 g/mol. The topological polar surface area (TPSA) is 148 Å². The van der Waals surface area contributed by atoms with Crippen LogP contribution in [0.2, 0.25) is 0 Å². The van der Waals surface area contributed by atoms with Gasteiger partial charge in [-0.05, 0) is 36.6 Å². The number of hydrogen-bond acceptors (Lipinski definition) is 10. The normalized spacial score (nSPS) is 17.6. The lowest BCUT2D eigenvalue weighted by Crippen LogP contribution is -2.49. The highest BCUT2D eigenvalue weighted by Gasteiger charge is 2.39. The Balaban J connectivity index is 1.29. The van der Waals surface area contributed by atoms with Gasteiger partial charge in [0.15, 0.2) is 0 Å². The van der Waals surface area contributed by atoms with E-state index < -0.39 is 10.9 Å². The highest BCUT2D eigenvalue weighted by atomic mass is 32.2. The summed E-state index contributed by atoms with van der Waals surface area (Å²) in [5.41, 5.74) is 3.74. The van der Waals surface area contributed by atoms with Gasteiger partial charge in [-0.3, -0.25) is 10.00 Å². The van der Waals surface area contributed by atoms with Crippen LogP contribution in [0.5, 0.6) is 5.88 Å². The van der Waals surface area contributed by atoms with Crippen LogP contribution in [-0.4, -0.2) is 71.1 Å². The van der Waals surface area contributed by atoms with Gasteiger partial charge in [-0.1, -0.05) is 12.8 Å². The molecule has 38 heavy (non-hydrogen) atoms. The van der Waals surface area contributed by atoms with Gasteiger partial charge in [0.05, 0.1) is 43.1 Å². The van der Waals surface area contributed by atoms with E-state index in [9.17, 15) is 8.42 Å². The van der Waals surface area contributed by atoms with Crippen LogP contribution in [0, 0.1) is 0 Å². The number of thiol groups is 1. The number of H-pyrrole nitrogens is 1. The lowest BCUT2D eigenvalue weighted by atomic mass is 10.00. The number of benzene rings is 1. The fourth-order valence-corrected chi connectivity index (χ4v) is 5.81. The number of ether oxygens (including phenoxy) is 2. The second kappa shape index (κ2) is 10.4. The molecule has 1 saturated carbocycles. The number of morpholine rings is 1. The summed E-state index contributed by atoms with van der Waals surface area (Å²) in [6, 6.07) is 5.74. The van der Waals surface area contributed by atoms with E-state index in [2.05, 4.69) is 35.0 Å². The fourth-order valence-electron chi connectivity index (χ4n) is 5.51. The zero-order chi connectivity index (χ0) is 26.1. The SMILES string of the molecule is COc1ncc(-c2cc(-c3nnc(CN4CCOC5(CCCC5)C4)o3)c3cn[nH]c3c2)cc1CN[SH](=O)=O. The van der Waals surface area contributed by atoms with Crippen molar-refractivity contribution in [3.8, 4) is 28.5 Å². The van der Waals surface area contributed by atoms with Crippen LogP contribution in [0.1, 0.15) is 37.1 Å². The van der Waals surface area contributed by atoms with Crippen LogP contribution in [0.25, 0.3) is 33.5 Å². The molecule has 12 nitrogen and oxygen atoms in total. The first-order valence-electron chi connectivity index (χ1n) is 12.6. The van der Waals surface area contributed by atoms with Crippen molar-refractivity contribution in [2.24, 2.45) is 0 Å². The summed E-state index contributed by atoms with van der Waals surface area (Å²) in [5.74, 6) is 1.32. The molecule has 1 spiro atoms. The number of nitrogens with zero attached hydrogens (tertiary/aromatic N) is 5. The van der Waals surface area contributed by atoms with Gasteiger partial charge in [0.25, 0.3) is 0 Å². The van der Waals surface area contributed by atoms with Crippen molar-refractivity contribution in [1.29, 1.82) is 0 Å². The zero-order valence-corrected chi connectivity index (χ0v) is 21.9. The van der Waals surface area contributed by atoms with Crippen molar-refractivity contribution >= 4 is 21.8 Å². The molecule has 4 heterocycles. The molecule has 200 valence electrons. The molecule has 0 atom stereocenters. The predicted octanol–water partition coefficient (Wildman–Crippen LogP) is 2.44. The monoisotopic (exact) mass is 539 g/mol. The minimum absolute atomic E-state index is 0.0253. The third-order valence-corrected chi connectivity index (χ3v) is 7.72. The summed E-state index contributed by atoms with van der Waals surface area (Å²) in [7, 11) is -1.26. The van der Waals surface area contributed by atoms with Gasteiger partial charge < -0.3 is 13.9 Å². The number of aromatic amines is 1. The van der Waals surface area contributed by atoms with Crippen molar-refractivity contribution in [1.82, 2.24) is 35.0 Å². The summed E-state index contributed by atoms with van der Waals surface area (Å²) in [6.45, 7) is 3.08. The van der Waals surface area contributed by atoms with Gasteiger partial charge in [0.1, 0.15) is 0 Å². The number of rotatable bonds is 8. The summed E-state index contributed by atoms with van der Waals surface area (Å²) in [4.78, 5) is 6.71. The maximum absolute atomic E-state index is 11.1. The van der Waals surface area contributed by atoms with Crippen LogP contribution < -0.4 is 9.46 Å². The van der Waals surface area contributed by atoms with Crippen molar-refractivity contribution in [3.63, 3.8) is 0 Å². The molecule has 2 aliphatic rings. The van der Waals surface area contributed by atoms with Gasteiger partial charge in [0.2, 0.25) is 28.6 Å². The summed E-state index contributed by atoms with van der Waals surface area (Å²) in [5, 5.41) is 16.8. The number of hydrogen-bond donors (Lipinski definition) is 3. The minimum atomic E-state index is -2.75. The van der Waals surface area contributed by atoms with Gasteiger partial charge in [0, 0.05) is 42.3 Å². The predicted molar refractivity (Wildman–Crippen MR) is 139 cm³/mol. The molecule has 0 radical (unpaired) electrons. The Labute approximate surface area is 220 Å². The van der Waals surface area contributed by atoms with E-state index in [0.29, 0.717) is 29.8 Å². The second-order valence-electron chi connectivity index (χ2n) is 9.79. The molecule has 1 saturated heterocycles. The van der Waals surface area contributed by atoms with Crippen LogP contribution in [-0.2, 0) is 28.7 Å². The number of methoxy groups -OCH3 is 1. The average Bonchev–Trinajstić information content (AvgIpc) is 3.68. The molecule has 13 heteroatoms. The molecule has 2 N–H and O–H groups in total. The summed E-state index contributed by atoms with van der Waals surface area (Å²) < 4.78 is 42.1. The Morgan fingerprint density at radius 3 is 2.84 bits per heavy atom. The Kier molecular flexibility index (Phi) is 6.82. The van der Waals surface area contributed by atoms with Gasteiger partial charge >= 0.3 is 0 Å². The number of aromatic nitrogens is 5. The third kappa shape index (κ3) is 5.01. The van der Waals surface area contributed by atoms with Gasteiger partial charge in [-0.15, -0.1) is 10.2 Å². The van der Waals surface area contributed by atoms with Crippen molar-refractivity contribution in [2.45, 2.75) is 44.4 Å². The Hall–Kier alpha value is -3.39. The number of fused-ring (bicyclic) bond motifs is 1. The average molecular weight is 540 g/mol. The van der Waals surface area contributed by atoms with E-state index in [4.69, 9.17) is 13.9 Å². The maximum Gasteiger partial charge on any atom is 0.248 e. The van der Waals surface area contributed by atoms with E-state index >= 15 is 0 Å². The van der Waals surface area contributed by atoms with E-state index in [1.54, 1.807) is 12.4 Å². The minimum Gasteiger partial charge on any atom is -0.481 e. The van der Waals surface area contributed by atoms with Crippen molar-refractivity contribution < 1.29 is 22.3 Å². The lowest BCUT2D eigenvalue weighted by Gasteiger charge is -2.40. The first-order valence-corrected chi connectivity index (χ1v) is 13.8. The van der Waals surface area contributed by atoms with Crippen LogP contribution >= 0.6 is 0 Å². The van der Waals surface area contributed by atoms with E-state index in [0.717, 1.165) is 60.1 Å². The quantitative estimate of drug-likeness (QED) is 0.285. The number of pyridine rings is 1. The molecule has 2 fully saturated rings. The van der Waals surface area contributed by atoms with E-state index in [-0.39, 0.29) is 12.1 Å². The van der Waals surface area contributed by atoms with Crippen LogP contribution in [0.15, 0.2) is 35.0 Å².